The maximum absolute atomic E-state index is 4.95. The van der Waals surface area contributed by atoms with E-state index in [2.05, 4.69) is 73.0 Å². The summed E-state index contributed by atoms with van der Waals surface area (Å²) in [6, 6.07) is 13.2. The molecule has 5 heterocycles. The third-order valence-corrected chi connectivity index (χ3v) is 7.34. The lowest BCUT2D eigenvalue weighted by molar-refractivity contribution is 0.313. The molecule has 1 N–H and O–H groups in total. The zero-order valence-electron chi connectivity index (χ0n) is 19.5. The molecule has 2 fully saturated rings. The Morgan fingerprint density at radius 2 is 1.58 bits per heavy atom. The van der Waals surface area contributed by atoms with Crippen molar-refractivity contribution in [1.82, 2.24) is 19.4 Å². The van der Waals surface area contributed by atoms with Crippen molar-refractivity contribution in [3.8, 4) is 11.4 Å². The minimum absolute atomic E-state index is 0.662. The van der Waals surface area contributed by atoms with Crippen molar-refractivity contribution in [2.24, 2.45) is 0 Å². The Kier molecular flexibility index (Phi) is 5.42. The van der Waals surface area contributed by atoms with E-state index in [-0.39, 0.29) is 0 Å². The lowest BCUT2D eigenvalue weighted by Crippen LogP contribution is -2.44. The molecule has 0 bridgehead atoms. The number of rotatable bonds is 4. The van der Waals surface area contributed by atoms with Gasteiger partial charge in [-0.1, -0.05) is 0 Å². The first-order valence-corrected chi connectivity index (χ1v) is 12.4. The molecule has 0 aliphatic carbocycles. The van der Waals surface area contributed by atoms with Crippen LogP contribution in [0.2, 0.25) is 0 Å². The second kappa shape index (κ2) is 8.71. The van der Waals surface area contributed by atoms with Gasteiger partial charge in [-0.15, -0.1) is 0 Å². The van der Waals surface area contributed by atoms with Crippen LogP contribution in [-0.2, 0) is 13.0 Å². The highest BCUT2D eigenvalue weighted by Gasteiger charge is 2.24. The zero-order valence-corrected chi connectivity index (χ0v) is 19.5. The second-order valence-corrected chi connectivity index (χ2v) is 9.56. The van der Waals surface area contributed by atoms with E-state index in [1.54, 1.807) is 0 Å². The molecule has 0 amide bonds. The molecular weight excluding hydrogens is 410 g/mol. The highest BCUT2D eigenvalue weighted by molar-refractivity contribution is 5.68. The molecule has 3 aromatic rings. The maximum atomic E-state index is 4.95. The van der Waals surface area contributed by atoms with E-state index in [9.17, 15) is 0 Å². The summed E-state index contributed by atoms with van der Waals surface area (Å²) in [6.07, 6.45) is 6.92. The molecule has 33 heavy (non-hydrogen) atoms. The molecule has 0 atom stereocenters. The van der Waals surface area contributed by atoms with Crippen LogP contribution in [0.25, 0.3) is 11.4 Å². The van der Waals surface area contributed by atoms with Gasteiger partial charge in [0, 0.05) is 68.9 Å². The van der Waals surface area contributed by atoms with E-state index in [4.69, 9.17) is 4.98 Å². The van der Waals surface area contributed by atoms with Crippen molar-refractivity contribution in [1.29, 1.82) is 0 Å². The van der Waals surface area contributed by atoms with Gasteiger partial charge in [-0.2, -0.15) is 0 Å². The summed E-state index contributed by atoms with van der Waals surface area (Å²) >= 11 is 0. The van der Waals surface area contributed by atoms with Gasteiger partial charge in [0.1, 0.15) is 5.82 Å². The summed E-state index contributed by atoms with van der Waals surface area (Å²) in [7, 11) is 2.19. The molecule has 1 aromatic carbocycles. The van der Waals surface area contributed by atoms with Crippen molar-refractivity contribution in [3.05, 3.63) is 48.2 Å². The standard InChI is InChI=1S/C26H33N7/c1-30-15-17-31(18-16-30)22-7-5-21(6-8-22)28-26-27-19-20-11-14-33-23(25(20)29-26)9-10-24(33)32-12-3-2-4-13-32/h5-10,19H,2-4,11-18H2,1H3,(H,27,28,29). The molecule has 172 valence electrons. The summed E-state index contributed by atoms with van der Waals surface area (Å²) in [5.41, 5.74) is 5.82. The SMILES string of the molecule is CN1CCN(c2ccc(Nc3ncc4c(n3)-c3ccc(N5CCCCC5)n3CC4)cc2)CC1. The van der Waals surface area contributed by atoms with E-state index in [1.807, 2.05) is 6.20 Å². The fourth-order valence-electron chi connectivity index (χ4n) is 5.35. The average molecular weight is 444 g/mol. The highest BCUT2D eigenvalue weighted by Crippen LogP contribution is 2.34. The number of hydrogen-bond donors (Lipinski definition) is 1. The number of nitrogens with zero attached hydrogens (tertiary/aromatic N) is 6. The molecule has 3 aliphatic heterocycles. The molecule has 3 aliphatic rings. The van der Waals surface area contributed by atoms with Gasteiger partial charge in [0.25, 0.3) is 0 Å². The number of likely N-dealkylation sites (N-methyl/N-ethyl adjacent to an activating group) is 1. The highest BCUT2D eigenvalue weighted by atomic mass is 15.3. The van der Waals surface area contributed by atoms with Gasteiger partial charge in [0.2, 0.25) is 5.95 Å². The van der Waals surface area contributed by atoms with Crippen LogP contribution in [-0.4, -0.2) is 65.8 Å². The first-order valence-electron chi connectivity index (χ1n) is 12.4. The Hall–Kier alpha value is -3.06. The number of nitrogens with one attached hydrogen (secondary N) is 1. The Balaban J connectivity index is 1.20. The van der Waals surface area contributed by atoms with Gasteiger partial charge in [-0.3, -0.25) is 0 Å². The van der Waals surface area contributed by atoms with Crippen LogP contribution in [0.3, 0.4) is 0 Å². The van der Waals surface area contributed by atoms with E-state index in [0.29, 0.717) is 5.95 Å². The summed E-state index contributed by atoms with van der Waals surface area (Å²) in [5, 5.41) is 3.42. The number of piperazine rings is 1. The number of anilines is 4. The fraction of sp³-hybridized carbons (Fsp3) is 0.462. The molecule has 2 aromatic heterocycles. The molecule has 0 radical (unpaired) electrons. The summed E-state index contributed by atoms with van der Waals surface area (Å²) in [5.74, 6) is 2.01. The van der Waals surface area contributed by atoms with E-state index in [0.717, 1.165) is 63.6 Å². The normalized spacial score (nSPS) is 18.7. The maximum Gasteiger partial charge on any atom is 0.227 e. The second-order valence-electron chi connectivity index (χ2n) is 9.56. The van der Waals surface area contributed by atoms with Crippen LogP contribution in [0.1, 0.15) is 24.8 Å². The number of aromatic nitrogens is 3. The quantitative estimate of drug-likeness (QED) is 0.658. The predicted molar refractivity (Wildman–Crippen MR) is 135 cm³/mol. The van der Waals surface area contributed by atoms with E-state index in [1.165, 1.54) is 42.0 Å². The van der Waals surface area contributed by atoms with Crippen LogP contribution in [0, 0.1) is 0 Å². The van der Waals surface area contributed by atoms with Crippen LogP contribution in [0.15, 0.2) is 42.6 Å². The molecule has 0 spiro atoms. The van der Waals surface area contributed by atoms with Gasteiger partial charge >= 0.3 is 0 Å². The van der Waals surface area contributed by atoms with Crippen molar-refractivity contribution in [2.45, 2.75) is 32.2 Å². The molecule has 2 saturated heterocycles. The summed E-state index contributed by atoms with van der Waals surface area (Å²) in [4.78, 5) is 16.9. The van der Waals surface area contributed by atoms with Gasteiger partial charge in [-0.25, -0.2) is 9.97 Å². The Morgan fingerprint density at radius 1 is 0.788 bits per heavy atom. The van der Waals surface area contributed by atoms with Gasteiger partial charge < -0.3 is 24.6 Å². The fourth-order valence-corrected chi connectivity index (χ4v) is 5.35. The molecule has 7 nitrogen and oxygen atoms in total. The summed E-state index contributed by atoms with van der Waals surface area (Å²) < 4.78 is 2.45. The van der Waals surface area contributed by atoms with E-state index < -0.39 is 0 Å². The molecule has 7 heteroatoms. The van der Waals surface area contributed by atoms with Gasteiger partial charge in [-0.05, 0) is 69.1 Å². The smallest absolute Gasteiger partial charge is 0.227 e. The predicted octanol–water partition coefficient (Wildman–Crippen LogP) is 3.99. The number of benzene rings is 1. The molecular formula is C26H33N7. The number of aryl methyl sites for hydroxylation is 1. The zero-order chi connectivity index (χ0) is 22.2. The number of fused-ring (bicyclic) bond motifs is 3. The summed E-state index contributed by atoms with van der Waals surface area (Å²) in [6.45, 7) is 7.72. The largest absolute Gasteiger partial charge is 0.369 e. The Bertz CT molecular complexity index is 1110. The lowest BCUT2D eigenvalue weighted by atomic mass is 10.1. The average Bonchev–Trinajstić information content (AvgIpc) is 3.30. The van der Waals surface area contributed by atoms with Crippen molar-refractivity contribution < 1.29 is 0 Å². The van der Waals surface area contributed by atoms with Crippen LogP contribution in [0.4, 0.5) is 23.1 Å². The lowest BCUT2D eigenvalue weighted by Gasteiger charge is -2.34. The third kappa shape index (κ3) is 4.06. The van der Waals surface area contributed by atoms with Crippen LogP contribution < -0.4 is 15.1 Å². The van der Waals surface area contributed by atoms with Gasteiger partial charge in [0.15, 0.2) is 0 Å². The minimum Gasteiger partial charge on any atom is -0.369 e. The Labute approximate surface area is 196 Å². The van der Waals surface area contributed by atoms with Gasteiger partial charge in [0.05, 0.1) is 11.4 Å². The Morgan fingerprint density at radius 3 is 2.36 bits per heavy atom. The van der Waals surface area contributed by atoms with Crippen LogP contribution >= 0.6 is 0 Å². The molecule has 0 saturated carbocycles. The third-order valence-electron chi connectivity index (χ3n) is 7.34. The molecule has 6 rings (SSSR count). The monoisotopic (exact) mass is 443 g/mol. The van der Waals surface area contributed by atoms with Crippen LogP contribution in [0.5, 0.6) is 0 Å². The van der Waals surface area contributed by atoms with Crippen molar-refractivity contribution >= 4 is 23.1 Å². The molecule has 0 unspecified atom stereocenters. The van der Waals surface area contributed by atoms with Crippen molar-refractivity contribution in [3.63, 3.8) is 0 Å². The number of piperidine rings is 1. The first-order chi connectivity index (χ1) is 16.2. The van der Waals surface area contributed by atoms with E-state index >= 15 is 0 Å². The van der Waals surface area contributed by atoms with Crippen molar-refractivity contribution in [2.75, 3.05) is 61.4 Å². The topological polar surface area (TPSA) is 52.5 Å². The first kappa shape index (κ1) is 20.5. The minimum atomic E-state index is 0.662. The number of hydrogen-bond acceptors (Lipinski definition) is 6.